The smallest absolute Gasteiger partial charge is 0.193 e. The van der Waals surface area contributed by atoms with Gasteiger partial charge in [-0.15, -0.1) is 11.3 Å². The van der Waals surface area contributed by atoms with Crippen LogP contribution in [0.2, 0.25) is 0 Å². The summed E-state index contributed by atoms with van der Waals surface area (Å²) in [5.41, 5.74) is 7.12. The topological polar surface area (TPSA) is 46.6 Å². The minimum Gasteiger partial charge on any atom is -0.328 e. The van der Waals surface area contributed by atoms with E-state index in [0.717, 1.165) is 24.3 Å². The highest BCUT2D eigenvalue weighted by molar-refractivity contribution is 7.15. The largest absolute Gasteiger partial charge is 0.328 e. The highest BCUT2D eigenvalue weighted by Gasteiger charge is 2.22. The molecule has 0 radical (unpaired) electrons. The van der Waals surface area contributed by atoms with Crippen LogP contribution in [-0.4, -0.2) is 33.4 Å². The molecule has 1 fully saturated rings. The summed E-state index contributed by atoms with van der Waals surface area (Å²) in [6.45, 7) is 0.939. The van der Waals surface area contributed by atoms with Crippen LogP contribution in [0.3, 0.4) is 0 Å². The van der Waals surface area contributed by atoms with E-state index in [1.807, 2.05) is 0 Å². The molecule has 0 spiro atoms. The van der Waals surface area contributed by atoms with Gasteiger partial charge in [0.15, 0.2) is 4.96 Å². The van der Waals surface area contributed by atoms with Gasteiger partial charge in [0.2, 0.25) is 0 Å². The van der Waals surface area contributed by atoms with Crippen LogP contribution in [0, 0.1) is 0 Å². The monoisotopic (exact) mass is 264 g/mol. The van der Waals surface area contributed by atoms with Gasteiger partial charge in [0, 0.05) is 36.4 Å². The zero-order valence-corrected chi connectivity index (χ0v) is 11.6. The number of nitrogens with two attached hydrogens (primary N) is 1. The molecule has 0 amide bonds. The van der Waals surface area contributed by atoms with Crippen molar-refractivity contribution in [1.29, 1.82) is 0 Å². The molecular weight excluding hydrogens is 244 g/mol. The molecule has 0 aliphatic heterocycles. The van der Waals surface area contributed by atoms with Gasteiger partial charge in [0.05, 0.1) is 5.69 Å². The molecule has 2 N–H and O–H groups in total. The fraction of sp³-hybridized carbons (Fsp3) is 0.615. The van der Waals surface area contributed by atoms with E-state index in [9.17, 15) is 0 Å². The predicted molar refractivity (Wildman–Crippen MR) is 74.8 cm³/mol. The Hall–Kier alpha value is -0.910. The maximum absolute atomic E-state index is 5.95. The quantitative estimate of drug-likeness (QED) is 0.923. The fourth-order valence-electron chi connectivity index (χ4n) is 2.78. The molecule has 0 unspecified atom stereocenters. The summed E-state index contributed by atoms with van der Waals surface area (Å²) in [4.78, 5) is 8.15. The van der Waals surface area contributed by atoms with Crippen molar-refractivity contribution in [3.05, 3.63) is 23.5 Å². The van der Waals surface area contributed by atoms with E-state index in [1.54, 1.807) is 11.3 Å². The predicted octanol–water partition coefficient (Wildman–Crippen LogP) is 2.10. The first-order chi connectivity index (χ1) is 8.72. The molecule has 0 bridgehead atoms. The summed E-state index contributed by atoms with van der Waals surface area (Å²) in [7, 11) is 2.20. The third-order valence-corrected chi connectivity index (χ3v) is 4.69. The maximum atomic E-state index is 5.95. The van der Waals surface area contributed by atoms with Crippen LogP contribution in [0.1, 0.15) is 31.4 Å². The molecule has 4 nitrogen and oxygen atoms in total. The fourth-order valence-corrected chi connectivity index (χ4v) is 3.50. The Kier molecular flexibility index (Phi) is 3.37. The lowest BCUT2D eigenvalue weighted by molar-refractivity contribution is 0.175. The molecule has 1 aliphatic rings. The van der Waals surface area contributed by atoms with Crippen molar-refractivity contribution in [1.82, 2.24) is 14.3 Å². The van der Waals surface area contributed by atoms with Crippen LogP contribution < -0.4 is 5.73 Å². The van der Waals surface area contributed by atoms with Gasteiger partial charge in [-0.25, -0.2) is 4.98 Å². The lowest BCUT2D eigenvalue weighted by Gasteiger charge is -2.33. The van der Waals surface area contributed by atoms with Crippen molar-refractivity contribution in [2.75, 3.05) is 7.05 Å². The van der Waals surface area contributed by atoms with Crippen molar-refractivity contribution >= 4 is 16.3 Å². The summed E-state index contributed by atoms with van der Waals surface area (Å²) in [6.07, 6.45) is 8.97. The number of hydrogen-bond acceptors (Lipinski definition) is 4. The lowest BCUT2D eigenvalue weighted by atomic mass is 9.91. The molecule has 3 rings (SSSR count). The minimum atomic E-state index is 0.424. The Bertz CT molecular complexity index is 481. The Labute approximate surface area is 111 Å². The van der Waals surface area contributed by atoms with Crippen LogP contribution in [-0.2, 0) is 6.54 Å². The van der Waals surface area contributed by atoms with Crippen molar-refractivity contribution < 1.29 is 0 Å². The van der Waals surface area contributed by atoms with Crippen molar-refractivity contribution in [2.45, 2.75) is 44.3 Å². The van der Waals surface area contributed by atoms with E-state index in [0.29, 0.717) is 12.1 Å². The summed E-state index contributed by atoms with van der Waals surface area (Å²) >= 11 is 1.69. The van der Waals surface area contributed by atoms with Gasteiger partial charge in [-0.3, -0.25) is 9.30 Å². The van der Waals surface area contributed by atoms with E-state index in [-0.39, 0.29) is 0 Å². The third kappa shape index (κ3) is 2.43. The minimum absolute atomic E-state index is 0.424. The lowest BCUT2D eigenvalue weighted by Crippen LogP contribution is -2.38. The zero-order valence-electron chi connectivity index (χ0n) is 10.7. The van der Waals surface area contributed by atoms with Crippen LogP contribution in [0.4, 0.5) is 0 Å². The van der Waals surface area contributed by atoms with E-state index >= 15 is 0 Å². The van der Waals surface area contributed by atoms with Crippen molar-refractivity contribution in [3.8, 4) is 0 Å². The van der Waals surface area contributed by atoms with Crippen molar-refractivity contribution in [2.24, 2.45) is 5.73 Å². The maximum Gasteiger partial charge on any atom is 0.193 e. The van der Waals surface area contributed by atoms with Gasteiger partial charge in [-0.2, -0.15) is 0 Å². The Morgan fingerprint density at radius 2 is 2.22 bits per heavy atom. The molecule has 0 aromatic carbocycles. The Morgan fingerprint density at radius 1 is 1.44 bits per heavy atom. The number of imidazole rings is 1. The first kappa shape index (κ1) is 12.1. The normalized spacial score (nSPS) is 25.1. The Balaban J connectivity index is 1.63. The molecule has 1 saturated carbocycles. The number of aromatic nitrogens is 2. The van der Waals surface area contributed by atoms with E-state index in [2.05, 4.69) is 39.1 Å². The van der Waals surface area contributed by atoms with Gasteiger partial charge in [0.25, 0.3) is 0 Å². The highest BCUT2D eigenvalue weighted by atomic mass is 32.1. The molecule has 2 aromatic heterocycles. The second kappa shape index (κ2) is 4.99. The molecule has 2 aromatic rings. The molecular formula is C13H20N4S. The van der Waals surface area contributed by atoms with Gasteiger partial charge in [-0.05, 0) is 32.7 Å². The first-order valence-electron chi connectivity index (χ1n) is 6.59. The highest BCUT2D eigenvalue weighted by Crippen LogP contribution is 2.22. The average Bonchev–Trinajstić information content (AvgIpc) is 2.90. The second-order valence-corrected chi connectivity index (χ2v) is 6.18. The summed E-state index contributed by atoms with van der Waals surface area (Å²) in [6, 6.07) is 1.09. The molecule has 1 aliphatic carbocycles. The van der Waals surface area contributed by atoms with Gasteiger partial charge >= 0.3 is 0 Å². The Morgan fingerprint density at radius 3 is 2.94 bits per heavy atom. The standard InChI is InChI=1S/C13H20N4S/c1-16(12-4-2-10(14)3-5-12)8-11-9-17-6-7-18-13(17)15-11/h6-7,9-10,12H,2-5,8,14H2,1H3. The molecule has 98 valence electrons. The molecule has 0 saturated heterocycles. The van der Waals surface area contributed by atoms with Crippen LogP contribution >= 0.6 is 11.3 Å². The number of rotatable bonds is 3. The van der Waals surface area contributed by atoms with Crippen molar-refractivity contribution in [3.63, 3.8) is 0 Å². The molecule has 2 heterocycles. The van der Waals surface area contributed by atoms with E-state index < -0.39 is 0 Å². The number of hydrogen-bond donors (Lipinski definition) is 1. The van der Waals surface area contributed by atoms with Gasteiger partial charge in [-0.1, -0.05) is 0 Å². The van der Waals surface area contributed by atoms with Gasteiger partial charge in [0.1, 0.15) is 0 Å². The SMILES string of the molecule is CN(Cc1cn2ccsc2n1)C1CCC(N)CC1. The summed E-state index contributed by atoms with van der Waals surface area (Å²) in [5.74, 6) is 0. The first-order valence-corrected chi connectivity index (χ1v) is 7.47. The van der Waals surface area contributed by atoms with Crippen LogP contribution in [0.15, 0.2) is 17.8 Å². The molecule has 0 atom stereocenters. The second-order valence-electron chi connectivity index (χ2n) is 5.31. The molecule has 18 heavy (non-hydrogen) atoms. The number of thiazole rings is 1. The average molecular weight is 264 g/mol. The number of fused-ring (bicyclic) bond motifs is 1. The zero-order chi connectivity index (χ0) is 12.5. The molecule has 5 heteroatoms. The van der Waals surface area contributed by atoms with Gasteiger partial charge < -0.3 is 5.73 Å². The van der Waals surface area contributed by atoms with Crippen LogP contribution in [0.25, 0.3) is 4.96 Å². The van der Waals surface area contributed by atoms with Crippen LogP contribution in [0.5, 0.6) is 0 Å². The number of nitrogens with zero attached hydrogens (tertiary/aromatic N) is 3. The van der Waals surface area contributed by atoms with E-state index in [1.165, 1.54) is 18.5 Å². The van der Waals surface area contributed by atoms with E-state index in [4.69, 9.17) is 5.73 Å². The summed E-state index contributed by atoms with van der Waals surface area (Å²) < 4.78 is 2.10. The third-order valence-electron chi connectivity index (χ3n) is 3.92. The summed E-state index contributed by atoms with van der Waals surface area (Å²) in [5, 5.41) is 2.07.